The highest BCUT2D eigenvalue weighted by atomic mass is 16.4. The van der Waals surface area contributed by atoms with Crippen LogP contribution in [-0.2, 0) is 14.4 Å². The van der Waals surface area contributed by atoms with Crippen LogP contribution in [0.1, 0.15) is 105 Å². The number of hydrogen-bond donors (Lipinski definition) is 5. The zero-order valence-corrected chi connectivity index (χ0v) is 25.7. The summed E-state index contributed by atoms with van der Waals surface area (Å²) < 4.78 is 0. The van der Waals surface area contributed by atoms with Crippen LogP contribution >= 0.6 is 0 Å². The fraction of sp³-hybridized carbons (Fsp3) is 0.794. The second kappa shape index (κ2) is 10.9. The molecule has 0 aromatic carbocycles. The maximum absolute atomic E-state index is 14.7. The van der Waals surface area contributed by atoms with Gasteiger partial charge in [0.1, 0.15) is 5.78 Å². The average molecular weight is 587 g/mol. The number of rotatable bonds is 7. The van der Waals surface area contributed by atoms with Crippen LogP contribution in [0, 0.1) is 39.4 Å². The number of carboxylic acid groups (broad SMARTS) is 1. The van der Waals surface area contributed by atoms with Crippen molar-refractivity contribution in [2.75, 3.05) is 6.61 Å². The summed E-state index contributed by atoms with van der Waals surface area (Å²) >= 11 is 0. The molecule has 0 heterocycles. The minimum Gasteiger partial charge on any atom is -0.478 e. The van der Waals surface area contributed by atoms with Crippen LogP contribution in [-0.4, -0.2) is 68.0 Å². The van der Waals surface area contributed by atoms with Crippen molar-refractivity contribution in [3.05, 3.63) is 22.8 Å². The van der Waals surface area contributed by atoms with Gasteiger partial charge in [0.15, 0.2) is 5.78 Å². The largest absolute Gasteiger partial charge is 0.478 e. The SMILES string of the molecule is C/C(=C\[C@@H](O)C[C@@H](C)[C@H]1C[C@H](O)[C@@]2(CCO)C3=C4C(=O)C[C@]12CCCCC[C@@]41CCC(=O)C(C)(C)[C@H]1C[C@H]3O)C(=O)O. The summed E-state index contributed by atoms with van der Waals surface area (Å²) in [4.78, 5) is 39.2. The molecule has 2 spiro atoms. The van der Waals surface area contributed by atoms with E-state index in [1.807, 2.05) is 20.8 Å². The molecule has 234 valence electrons. The number of aliphatic carboxylic acids is 1. The Labute approximate surface area is 249 Å². The molecule has 3 saturated carbocycles. The molecule has 0 radical (unpaired) electrons. The number of Topliss-reactive ketones (excluding diaryl/α,β-unsaturated/α-hetero) is 2. The van der Waals surface area contributed by atoms with E-state index in [1.165, 1.54) is 13.0 Å². The monoisotopic (exact) mass is 586 g/mol. The molecule has 5 aliphatic rings. The van der Waals surface area contributed by atoms with Gasteiger partial charge >= 0.3 is 5.97 Å². The van der Waals surface area contributed by atoms with Crippen molar-refractivity contribution in [1.29, 1.82) is 0 Å². The van der Waals surface area contributed by atoms with E-state index in [1.54, 1.807) is 0 Å². The molecule has 8 heteroatoms. The summed E-state index contributed by atoms with van der Waals surface area (Å²) in [5.41, 5.74) is -1.54. The number of allylic oxidation sites excluding steroid dienone is 1. The van der Waals surface area contributed by atoms with E-state index in [4.69, 9.17) is 0 Å². The van der Waals surface area contributed by atoms with Gasteiger partial charge < -0.3 is 25.5 Å². The summed E-state index contributed by atoms with van der Waals surface area (Å²) in [7, 11) is 0. The quantitative estimate of drug-likeness (QED) is 0.279. The number of ketones is 2. The van der Waals surface area contributed by atoms with Crippen LogP contribution in [0.4, 0.5) is 0 Å². The van der Waals surface area contributed by atoms with Gasteiger partial charge in [-0.25, -0.2) is 4.79 Å². The molecular weight excluding hydrogens is 536 g/mol. The Balaban J connectivity index is 1.70. The van der Waals surface area contributed by atoms with Crippen LogP contribution in [0.15, 0.2) is 22.8 Å². The van der Waals surface area contributed by atoms with Crippen molar-refractivity contribution >= 4 is 17.5 Å². The molecule has 5 N–H and O–H groups in total. The highest BCUT2D eigenvalue weighted by Crippen LogP contribution is 2.75. The summed E-state index contributed by atoms with van der Waals surface area (Å²) in [6, 6.07) is 0. The molecule has 5 aliphatic carbocycles. The zero-order chi connectivity index (χ0) is 30.8. The molecule has 0 amide bonds. The third-order valence-electron chi connectivity index (χ3n) is 12.8. The fourth-order valence-corrected chi connectivity index (χ4v) is 11.2. The second-order valence-corrected chi connectivity index (χ2v) is 14.9. The van der Waals surface area contributed by atoms with Crippen LogP contribution in [0.3, 0.4) is 0 Å². The van der Waals surface area contributed by atoms with E-state index in [2.05, 4.69) is 0 Å². The second-order valence-electron chi connectivity index (χ2n) is 14.9. The van der Waals surface area contributed by atoms with Crippen molar-refractivity contribution < 1.29 is 39.9 Å². The van der Waals surface area contributed by atoms with E-state index in [0.29, 0.717) is 43.3 Å². The predicted molar refractivity (Wildman–Crippen MR) is 156 cm³/mol. The molecule has 0 unspecified atom stereocenters. The van der Waals surface area contributed by atoms with E-state index in [0.717, 1.165) is 25.7 Å². The number of hydrogen-bond acceptors (Lipinski definition) is 7. The van der Waals surface area contributed by atoms with Crippen molar-refractivity contribution in [3.63, 3.8) is 0 Å². The van der Waals surface area contributed by atoms with Crippen molar-refractivity contribution in [2.45, 2.75) is 123 Å². The van der Waals surface area contributed by atoms with E-state index in [-0.39, 0.29) is 60.8 Å². The summed E-state index contributed by atoms with van der Waals surface area (Å²) in [5.74, 6) is -1.39. The first-order valence-electron chi connectivity index (χ1n) is 16.1. The van der Waals surface area contributed by atoms with Crippen LogP contribution in [0.5, 0.6) is 0 Å². The maximum atomic E-state index is 14.7. The van der Waals surface area contributed by atoms with E-state index in [9.17, 15) is 39.9 Å². The highest BCUT2D eigenvalue weighted by Gasteiger charge is 2.73. The summed E-state index contributed by atoms with van der Waals surface area (Å²) in [5, 5.41) is 54.9. The lowest BCUT2D eigenvalue weighted by Crippen LogP contribution is -2.63. The zero-order valence-electron chi connectivity index (χ0n) is 25.7. The van der Waals surface area contributed by atoms with Crippen molar-refractivity contribution in [1.82, 2.24) is 0 Å². The first-order chi connectivity index (χ1) is 19.7. The summed E-state index contributed by atoms with van der Waals surface area (Å²) in [6.45, 7) is 7.19. The van der Waals surface area contributed by atoms with Crippen molar-refractivity contribution in [2.24, 2.45) is 39.4 Å². The number of carbonyl (C=O) groups excluding carboxylic acids is 2. The van der Waals surface area contributed by atoms with Gasteiger partial charge in [-0.15, -0.1) is 0 Å². The lowest BCUT2D eigenvalue weighted by molar-refractivity contribution is -0.152. The van der Waals surface area contributed by atoms with Gasteiger partial charge in [0.2, 0.25) is 0 Å². The fourth-order valence-electron chi connectivity index (χ4n) is 11.2. The molecule has 8 nitrogen and oxygen atoms in total. The minimum atomic E-state index is -1.09. The Morgan fingerprint density at radius 1 is 1.07 bits per heavy atom. The van der Waals surface area contributed by atoms with Crippen LogP contribution in [0.25, 0.3) is 0 Å². The molecule has 5 rings (SSSR count). The smallest absolute Gasteiger partial charge is 0.331 e. The minimum absolute atomic E-state index is 0.0165. The molecule has 0 aromatic rings. The Bertz CT molecular complexity index is 1200. The van der Waals surface area contributed by atoms with Gasteiger partial charge in [-0.1, -0.05) is 40.0 Å². The molecule has 3 fully saturated rings. The summed E-state index contributed by atoms with van der Waals surface area (Å²) in [6.07, 6.45) is 5.12. The van der Waals surface area contributed by atoms with Gasteiger partial charge in [0.05, 0.1) is 18.3 Å². The molecule has 42 heavy (non-hydrogen) atoms. The first-order valence-corrected chi connectivity index (χ1v) is 16.1. The molecular formula is C34H50O8. The van der Waals surface area contributed by atoms with E-state index >= 15 is 0 Å². The standard InChI is InChI=1S/C34H50O8/c1-19(14-21(36)15-20(2)30(41)42)22-16-27(40)34(12-13-35)29-23(37)17-25-31(3,4)26(39)8-11-32(25)9-6-5-7-10-33(22,34)18-24(38)28(29)32/h15,19,21-23,25,27,35-37,40H,5-14,16-18H2,1-4H3,(H,41,42)/b20-15+/t19-,21+,22-,23-,25-,27+,32+,33-,34+/m1/s1. The molecule has 0 saturated heterocycles. The number of carbonyl (C=O) groups is 3. The lowest BCUT2D eigenvalue weighted by Gasteiger charge is -2.64. The van der Waals surface area contributed by atoms with Gasteiger partial charge in [-0.3, -0.25) is 9.59 Å². The van der Waals surface area contributed by atoms with Crippen LogP contribution in [0.2, 0.25) is 0 Å². The molecule has 0 aromatic heterocycles. The molecule has 9 atom stereocenters. The normalized spacial score (nSPS) is 41.3. The Morgan fingerprint density at radius 2 is 1.76 bits per heavy atom. The number of aliphatic hydroxyl groups is 4. The van der Waals surface area contributed by atoms with Crippen molar-refractivity contribution in [3.8, 4) is 0 Å². The third kappa shape index (κ3) is 4.33. The van der Waals surface area contributed by atoms with Crippen LogP contribution < -0.4 is 0 Å². The van der Waals surface area contributed by atoms with Gasteiger partial charge in [-0.05, 0) is 86.7 Å². The Hall–Kier alpha value is -1.87. The number of carboxylic acids is 1. The third-order valence-corrected chi connectivity index (χ3v) is 12.8. The number of fused-ring (bicyclic) bond motifs is 2. The lowest BCUT2D eigenvalue weighted by atomic mass is 9.39. The predicted octanol–water partition coefficient (Wildman–Crippen LogP) is 4.13. The maximum Gasteiger partial charge on any atom is 0.331 e. The first kappa shape index (κ1) is 31.6. The Kier molecular flexibility index (Phi) is 8.21. The van der Waals surface area contributed by atoms with E-state index < -0.39 is 45.9 Å². The van der Waals surface area contributed by atoms with Gasteiger partial charge in [0.25, 0.3) is 0 Å². The van der Waals surface area contributed by atoms with Gasteiger partial charge in [0, 0.05) is 46.8 Å². The molecule has 0 aliphatic heterocycles. The van der Waals surface area contributed by atoms with Gasteiger partial charge in [-0.2, -0.15) is 0 Å². The molecule has 2 bridgehead atoms. The highest BCUT2D eigenvalue weighted by molar-refractivity contribution is 6.01. The average Bonchev–Trinajstić information content (AvgIpc) is 3.15. The number of aliphatic hydroxyl groups excluding tert-OH is 4. The topological polar surface area (TPSA) is 152 Å². The Morgan fingerprint density at radius 3 is 2.43 bits per heavy atom.